The van der Waals surface area contributed by atoms with Crippen LogP contribution >= 0.6 is 7.82 Å². The second-order valence-electron chi connectivity index (χ2n) is 16.2. The zero-order valence-corrected chi connectivity index (χ0v) is 34.8. The van der Waals surface area contributed by atoms with E-state index >= 15 is 0 Å². The summed E-state index contributed by atoms with van der Waals surface area (Å²) in [5.74, 6) is 0.845. The van der Waals surface area contributed by atoms with E-state index in [1.54, 1.807) is 0 Å². The maximum Gasteiger partial charge on any atom is 0.472 e. The molecule has 1 unspecified atom stereocenters. The van der Waals surface area contributed by atoms with Gasteiger partial charge in [-0.3, -0.25) is 9.05 Å². The lowest BCUT2D eigenvalue weighted by Crippen LogP contribution is -2.37. The Bertz CT molecular complexity index is 717. The molecule has 7 nitrogen and oxygen atoms in total. The number of hydrogen-bond acceptors (Lipinski definition) is 5. The fourth-order valence-corrected chi connectivity index (χ4v) is 6.82. The largest absolute Gasteiger partial charge is 0.472 e. The number of likely N-dealkylation sites (N-methyl/N-ethyl adjacent to an activating group) is 1. The summed E-state index contributed by atoms with van der Waals surface area (Å²) in [6.45, 7) is 9.37. The molecule has 0 amide bonds. The van der Waals surface area contributed by atoms with Crippen molar-refractivity contribution in [3.63, 3.8) is 0 Å². The quantitative estimate of drug-likeness (QED) is 0.0386. The lowest BCUT2D eigenvalue weighted by molar-refractivity contribution is -0.870. The van der Waals surface area contributed by atoms with Crippen LogP contribution in [0.1, 0.15) is 194 Å². The molecule has 8 heteroatoms. The molecule has 296 valence electrons. The van der Waals surface area contributed by atoms with E-state index in [-0.39, 0.29) is 19.3 Å². The summed E-state index contributed by atoms with van der Waals surface area (Å²) < 4.78 is 35.7. The minimum Gasteiger partial charge on any atom is -0.379 e. The van der Waals surface area contributed by atoms with E-state index in [4.69, 9.17) is 18.5 Å². The number of phosphoric acid groups is 1. The summed E-state index contributed by atoms with van der Waals surface area (Å²) in [5.41, 5.74) is 0. The first kappa shape index (κ1) is 49.0. The average Bonchev–Trinajstić information content (AvgIpc) is 3.03. The maximum absolute atomic E-state index is 12.5. The van der Waals surface area contributed by atoms with Crippen molar-refractivity contribution in [1.29, 1.82) is 0 Å². The van der Waals surface area contributed by atoms with Crippen molar-refractivity contribution in [1.82, 2.24) is 0 Å². The number of quaternary nitrogens is 1. The van der Waals surface area contributed by atoms with Crippen LogP contribution in [0.25, 0.3) is 0 Å². The van der Waals surface area contributed by atoms with E-state index in [2.05, 4.69) is 20.8 Å². The molecule has 49 heavy (non-hydrogen) atoms. The summed E-state index contributed by atoms with van der Waals surface area (Å²) in [5, 5.41) is 0. The minimum absolute atomic E-state index is 0.00534. The molecule has 0 bridgehead atoms. The van der Waals surface area contributed by atoms with Gasteiger partial charge in [0.2, 0.25) is 0 Å². The SMILES string of the molecule is CCCCCCCCCCCCCCCCCO[C@H](COCCCCCCCCCCCCCC(C)C)COP(=O)(O)OCC[N+](C)(C)C. The summed E-state index contributed by atoms with van der Waals surface area (Å²) in [6.07, 6.45) is 35.4. The average molecular weight is 721 g/mol. The van der Waals surface area contributed by atoms with Gasteiger partial charge < -0.3 is 18.9 Å². The van der Waals surface area contributed by atoms with Crippen LogP contribution in [0.2, 0.25) is 0 Å². The first-order valence-electron chi connectivity index (χ1n) is 21.2. The van der Waals surface area contributed by atoms with Crippen molar-refractivity contribution in [3.05, 3.63) is 0 Å². The van der Waals surface area contributed by atoms with Gasteiger partial charge in [-0.1, -0.05) is 181 Å². The highest BCUT2D eigenvalue weighted by molar-refractivity contribution is 7.47. The Balaban J connectivity index is 4.08. The monoisotopic (exact) mass is 721 g/mol. The molecule has 0 fully saturated rings. The molecule has 0 saturated heterocycles. The summed E-state index contributed by atoms with van der Waals surface area (Å²) in [7, 11) is 1.92. The number of unbranched alkanes of at least 4 members (excludes halogenated alkanes) is 24. The highest BCUT2D eigenvalue weighted by atomic mass is 31.2. The van der Waals surface area contributed by atoms with E-state index in [1.165, 1.54) is 154 Å². The van der Waals surface area contributed by atoms with Gasteiger partial charge in [-0.25, -0.2) is 4.57 Å². The number of hydrogen-bond donors (Lipinski definition) is 1. The Hall–Kier alpha value is -0.0100. The number of rotatable bonds is 40. The predicted molar refractivity (Wildman–Crippen MR) is 210 cm³/mol. The van der Waals surface area contributed by atoms with Crippen molar-refractivity contribution in [2.24, 2.45) is 5.92 Å². The first-order valence-corrected chi connectivity index (χ1v) is 22.7. The molecule has 0 aliphatic heterocycles. The van der Waals surface area contributed by atoms with E-state index in [1.807, 2.05) is 21.1 Å². The minimum atomic E-state index is -4.13. The van der Waals surface area contributed by atoms with Crippen molar-refractivity contribution in [2.75, 3.05) is 60.7 Å². The third-order valence-electron chi connectivity index (χ3n) is 9.42. The van der Waals surface area contributed by atoms with Crippen LogP contribution in [-0.2, 0) is 23.1 Å². The Morgan fingerprint density at radius 2 is 0.939 bits per heavy atom. The number of ether oxygens (including phenoxy) is 2. The molecule has 1 N–H and O–H groups in total. The zero-order valence-electron chi connectivity index (χ0n) is 33.9. The second-order valence-corrected chi connectivity index (χ2v) is 17.7. The molecular weight excluding hydrogens is 633 g/mol. The van der Waals surface area contributed by atoms with E-state index < -0.39 is 7.82 Å². The van der Waals surface area contributed by atoms with Gasteiger partial charge in [0.1, 0.15) is 19.3 Å². The van der Waals surface area contributed by atoms with Gasteiger partial charge in [-0.05, 0) is 18.8 Å². The van der Waals surface area contributed by atoms with Crippen molar-refractivity contribution in [3.8, 4) is 0 Å². The molecule has 0 aliphatic carbocycles. The lowest BCUT2D eigenvalue weighted by atomic mass is 10.0. The van der Waals surface area contributed by atoms with Gasteiger partial charge in [-0.15, -0.1) is 0 Å². The molecule has 0 radical (unpaired) electrons. The van der Waals surface area contributed by atoms with Gasteiger partial charge in [0.15, 0.2) is 0 Å². The molecule has 0 aliphatic rings. The van der Waals surface area contributed by atoms with Crippen molar-refractivity contribution < 1.29 is 32.5 Å². The molecule has 0 aromatic heterocycles. The van der Waals surface area contributed by atoms with Crippen LogP contribution in [0.5, 0.6) is 0 Å². The predicted octanol–water partition coefficient (Wildman–Crippen LogP) is 12.4. The lowest BCUT2D eigenvalue weighted by Gasteiger charge is -2.24. The maximum atomic E-state index is 12.5. The number of phosphoric ester groups is 1. The van der Waals surface area contributed by atoms with Gasteiger partial charge in [0.25, 0.3) is 0 Å². The second kappa shape index (κ2) is 35.0. The Kier molecular flexibility index (Phi) is 35.0. The molecular formula is C41H87NO6P+. The normalized spacial score (nSPS) is 14.1. The summed E-state index contributed by atoms with van der Waals surface area (Å²) in [4.78, 5) is 10.2. The van der Waals surface area contributed by atoms with Gasteiger partial charge in [0.05, 0.1) is 34.4 Å². The molecule has 0 aromatic rings. The standard InChI is InChI=1S/C41H86NO6P/c1-7-8-9-10-11-12-13-14-15-16-20-23-26-29-32-36-46-41(39-48-49(43,44)47-37-34-42(4,5)6)38-45-35-31-28-25-22-19-17-18-21-24-27-30-33-40(2)3/h40-41H,7-39H2,1-6H3/p+1/t41-/m1/s1. The van der Waals surface area contributed by atoms with Gasteiger partial charge >= 0.3 is 7.82 Å². The number of nitrogens with zero attached hydrogens (tertiary/aromatic N) is 1. The van der Waals surface area contributed by atoms with Gasteiger partial charge in [-0.2, -0.15) is 0 Å². The molecule has 0 saturated carbocycles. The molecule has 0 heterocycles. The third-order valence-corrected chi connectivity index (χ3v) is 10.4. The fourth-order valence-electron chi connectivity index (χ4n) is 6.07. The molecule has 0 aromatic carbocycles. The molecule has 2 atom stereocenters. The third kappa shape index (κ3) is 40.6. The van der Waals surface area contributed by atoms with Crippen LogP contribution in [0, 0.1) is 5.92 Å². The van der Waals surface area contributed by atoms with Crippen molar-refractivity contribution >= 4 is 7.82 Å². The van der Waals surface area contributed by atoms with Gasteiger partial charge in [0, 0.05) is 13.2 Å². The van der Waals surface area contributed by atoms with Crippen molar-refractivity contribution in [2.45, 2.75) is 200 Å². The van der Waals surface area contributed by atoms with E-state index in [0.717, 1.165) is 25.2 Å². The van der Waals surface area contributed by atoms with Crippen LogP contribution in [0.15, 0.2) is 0 Å². The van der Waals surface area contributed by atoms with Crippen LogP contribution in [0.3, 0.4) is 0 Å². The Labute approximate surface area is 306 Å². The van der Waals surface area contributed by atoms with Crippen LogP contribution in [0.4, 0.5) is 0 Å². The fraction of sp³-hybridized carbons (Fsp3) is 1.00. The molecule has 0 spiro atoms. The smallest absolute Gasteiger partial charge is 0.379 e. The highest BCUT2D eigenvalue weighted by Gasteiger charge is 2.25. The summed E-state index contributed by atoms with van der Waals surface area (Å²) >= 11 is 0. The van der Waals surface area contributed by atoms with Crippen LogP contribution in [-0.4, -0.2) is 76.2 Å². The van der Waals surface area contributed by atoms with E-state index in [0.29, 0.717) is 30.8 Å². The topological polar surface area (TPSA) is 74.2 Å². The van der Waals surface area contributed by atoms with E-state index in [9.17, 15) is 9.46 Å². The highest BCUT2D eigenvalue weighted by Crippen LogP contribution is 2.43. The Morgan fingerprint density at radius 3 is 1.37 bits per heavy atom. The molecule has 0 rings (SSSR count). The first-order chi connectivity index (χ1) is 23.6. The zero-order chi connectivity index (χ0) is 36.3. The Morgan fingerprint density at radius 1 is 0.531 bits per heavy atom. The summed E-state index contributed by atoms with van der Waals surface area (Å²) in [6, 6.07) is 0. The van der Waals surface area contributed by atoms with Crippen LogP contribution < -0.4 is 0 Å².